The summed E-state index contributed by atoms with van der Waals surface area (Å²) >= 11 is 0. The lowest BCUT2D eigenvalue weighted by Crippen LogP contribution is -2.19. The Labute approximate surface area is 174 Å². The van der Waals surface area contributed by atoms with Gasteiger partial charge in [0.25, 0.3) is 11.8 Å². The summed E-state index contributed by atoms with van der Waals surface area (Å²) in [5.41, 5.74) is 3.21. The zero-order chi connectivity index (χ0) is 21.5. The minimum atomic E-state index is -0.461. The van der Waals surface area contributed by atoms with Crippen molar-refractivity contribution >= 4 is 34.8 Å². The van der Waals surface area contributed by atoms with E-state index in [2.05, 4.69) is 27.9 Å². The van der Waals surface area contributed by atoms with E-state index in [4.69, 9.17) is 0 Å². The zero-order valence-electron chi connectivity index (χ0n) is 16.7. The first-order chi connectivity index (χ1) is 14.5. The van der Waals surface area contributed by atoms with Crippen LogP contribution in [-0.2, 0) is 11.2 Å². The predicted octanol–water partition coefficient (Wildman–Crippen LogP) is 4.11. The minimum Gasteiger partial charge on any atom is -0.325 e. The fraction of sp³-hybridized carbons (Fsp3) is 0.130. The molecule has 0 aliphatic rings. The number of aromatic nitrogens is 1. The molecule has 0 unspecified atom stereocenters. The molecule has 30 heavy (non-hydrogen) atoms. The molecule has 0 spiro atoms. The Morgan fingerprint density at radius 3 is 2.13 bits per heavy atom. The van der Waals surface area contributed by atoms with Crippen LogP contribution >= 0.6 is 0 Å². The number of benzene rings is 2. The Bertz CT molecular complexity index is 1060. The van der Waals surface area contributed by atoms with Gasteiger partial charge in [-0.15, -0.1) is 0 Å². The van der Waals surface area contributed by atoms with Crippen molar-refractivity contribution in [2.45, 2.75) is 20.3 Å². The van der Waals surface area contributed by atoms with E-state index in [0.717, 1.165) is 6.42 Å². The fourth-order valence-corrected chi connectivity index (χ4v) is 2.80. The van der Waals surface area contributed by atoms with E-state index in [9.17, 15) is 14.4 Å². The number of anilines is 3. The Hall–Kier alpha value is -4.00. The molecule has 152 valence electrons. The molecule has 0 aliphatic carbocycles. The van der Waals surface area contributed by atoms with Crippen molar-refractivity contribution in [1.29, 1.82) is 0 Å². The number of aryl methyl sites for hydroxylation is 1. The molecule has 3 aromatic rings. The topological polar surface area (TPSA) is 100 Å². The van der Waals surface area contributed by atoms with Crippen LogP contribution in [0.2, 0.25) is 0 Å². The summed E-state index contributed by atoms with van der Waals surface area (Å²) in [6.07, 6.45) is 2.32. The molecular formula is C23H22N4O3. The summed E-state index contributed by atoms with van der Waals surface area (Å²) in [4.78, 5) is 40.4. The third kappa shape index (κ3) is 5.29. The number of hydrogen-bond donors (Lipinski definition) is 3. The van der Waals surface area contributed by atoms with E-state index in [1.165, 1.54) is 24.8 Å². The highest BCUT2D eigenvalue weighted by atomic mass is 16.2. The fourth-order valence-electron chi connectivity index (χ4n) is 2.80. The van der Waals surface area contributed by atoms with Gasteiger partial charge < -0.3 is 16.0 Å². The van der Waals surface area contributed by atoms with E-state index < -0.39 is 5.91 Å². The molecule has 0 bridgehead atoms. The summed E-state index contributed by atoms with van der Waals surface area (Å²) in [5.74, 6) is -1.01. The summed E-state index contributed by atoms with van der Waals surface area (Å²) < 4.78 is 0. The highest BCUT2D eigenvalue weighted by Gasteiger charge is 2.15. The molecule has 3 rings (SSSR count). The minimum absolute atomic E-state index is 0.162. The van der Waals surface area contributed by atoms with Crippen molar-refractivity contribution in [3.63, 3.8) is 0 Å². The van der Waals surface area contributed by atoms with Crippen LogP contribution in [-0.4, -0.2) is 22.7 Å². The maximum absolute atomic E-state index is 12.7. The Morgan fingerprint density at radius 2 is 1.50 bits per heavy atom. The summed E-state index contributed by atoms with van der Waals surface area (Å²) in [7, 11) is 0. The molecule has 1 heterocycles. The lowest BCUT2D eigenvalue weighted by molar-refractivity contribution is -0.114. The van der Waals surface area contributed by atoms with Crippen molar-refractivity contribution in [1.82, 2.24) is 4.98 Å². The van der Waals surface area contributed by atoms with Crippen LogP contribution in [0.5, 0.6) is 0 Å². The van der Waals surface area contributed by atoms with Gasteiger partial charge in [-0.3, -0.25) is 14.4 Å². The van der Waals surface area contributed by atoms with Gasteiger partial charge in [-0.25, -0.2) is 4.98 Å². The number of carbonyl (C=O) groups excluding carboxylic acids is 3. The normalized spacial score (nSPS) is 10.2. The number of carbonyl (C=O) groups is 3. The first-order valence-electron chi connectivity index (χ1n) is 9.50. The standard InChI is InChI=1S/C23H22N4O3/c1-3-16-8-10-17(11-9-16)26-22(29)19-6-4-5-7-20(19)27-23(30)21-13-12-18(14-24-21)25-15(2)28/h4-14H,3H2,1-2H3,(H,25,28)(H,26,29)(H,27,30). The highest BCUT2D eigenvalue weighted by molar-refractivity contribution is 6.12. The average molecular weight is 402 g/mol. The van der Waals surface area contributed by atoms with E-state index in [0.29, 0.717) is 22.6 Å². The van der Waals surface area contributed by atoms with Gasteiger partial charge in [-0.1, -0.05) is 31.2 Å². The highest BCUT2D eigenvalue weighted by Crippen LogP contribution is 2.19. The molecule has 0 aliphatic heterocycles. The quantitative estimate of drug-likeness (QED) is 0.578. The van der Waals surface area contributed by atoms with Crippen LogP contribution in [0.4, 0.5) is 17.1 Å². The van der Waals surface area contributed by atoms with E-state index in [1.807, 2.05) is 24.3 Å². The van der Waals surface area contributed by atoms with Crippen molar-refractivity contribution < 1.29 is 14.4 Å². The molecule has 1 aromatic heterocycles. The van der Waals surface area contributed by atoms with Crippen LogP contribution in [0.1, 0.15) is 40.3 Å². The lowest BCUT2D eigenvalue weighted by atomic mass is 10.1. The maximum atomic E-state index is 12.7. The zero-order valence-corrected chi connectivity index (χ0v) is 16.7. The van der Waals surface area contributed by atoms with Gasteiger partial charge in [0.1, 0.15) is 5.69 Å². The van der Waals surface area contributed by atoms with Crippen molar-refractivity contribution in [3.8, 4) is 0 Å². The average Bonchev–Trinajstić information content (AvgIpc) is 2.74. The molecule has 0 saturated carbocycles. The Balaban J connectivity index is 1.73. The van der Waals surface area contributed by atoms with Gasteiger partial charge in [-0.2, -0.15) is 0 Å². The van der Waals surface area contributed by atoms with Crippen molar-refractivity contribution in [2.75, 3.05) is 16.0 Å². The summed E-state index contributed by atoms with van der Waals surface area (Å²) in [5, 5.41) is 8.15. The SMILES string of the molecule is CCc1ccc(NC(=O)c2ccccc2NC(=O)c2ccc(NC(C)=O)cn2)cc1. The van der Waals surface area contributed by atoms with Crippen LogP contribution in [0.3, 0.4) is 0 Å². The van der Waals surface area contributed by atoms with Crippen LogP contribution in [0.15, 0.2) is 66.9 Å². The Morgan fingerprint density at radius 1 is 0.800 bits per heavy atom. The second kappa shape index (κ2) is 9.47. The molecule has 2 aromatic carbocycles. The maximum Gasteiger partial charge on any atom is 0.274 e. The molecule has 7 heteroatoms. The van der Waals surface area contributed by atoms with Gasteiger partial charge >= 0.3 is 0 Å². The first kappa shape index (κ1) is 20.7. The van der Waals surface area contributed by atoms with E-state index in [-0.39, 0.29) is 17.5 Å². The molecule has 3 amide bonds. The van der Waals surface area contributed by atoms with Gasteiger partial charge in [0.15, 0.2) is 0 Å². The number of amides is 3. The van der Waals surface area contributed by atoms with Crippen molar-refractivity contribution in [3.05, 3.63) is 83.7 Å². The summed E-state index contributed by atoms with van der Waals surface area (Å²) in [6.45, 7) is 3.45. The van der Waals surface area contributed by atoms with Gasteiger partial charge in [0.05, 0.1) is 23.1 Å². The number of nitrogens with one attached hydrogen (secondary N) is 3. The summed E-state index contributed by atoms with van der Waals surface area (Å²) in [6, 6.07) is 17.4. The van der Waals surface area contributed by atoms with Crippen LogP contribution in [0, 0.1) is 0 Å². The first-order valence-corrected chi connectivity index (χ1v) is 9.50. The van der Waals surface area contributed by atoms with E-state index >= 15 is 0 Å². The smallest absolute Gasteiger partial charge is 0.274 e. The third-order valence-corrected chi connectivity index (χ3v) is 4.36. The third-order valence-electron chi connectivity index (χ3n) is 4.36. The second-order valence-electron chi connectivity index (χ2n) is 6.62. The monoisotopic (exact) mass is 402 g/mol. The molecule has 0 radical (unpaired) electrons. The number of nitrogens with zero attached hydrogens (tertiary/aromatic N) is 1. The van der Waals surface area contributed by atoms with Crippen molar-refractivity contribution in [2.24, 2.45) is 0 Å². The number of rotatable bonds is 6. The van der Waals surface area contributed by atoms with E-state index in [1.54, 1.807) is 30.3 Å². The molecule has 0 saturated heterocycles. The van der Waals surface area contributed by atoms with Gasteiger partial charge in [-0.05, 0) is 48.4 Å². The number of pyridine rings is 1. The molecule has 3 N–H and O–H groups in total. The van der Waals surface area contributed by atoms with Crippen LogP contribution in [0.25, 0.3) is 0 Å². The van der Waals surface area contributed by atoms with Crippen LogP contribution < -0.4 is 16.0 Å². The second-order valence-corrected chi connectivity index (χ2v) is 6.62. The Kier molecular flexibility index (Phi) is 6.54. The molecule has 7 nitrogen and oxygen atoms in total. The number of hydrogen-bond acceptors (Lipinski definition) is 4. The largest absolute Gasteiger partial charge is 0.325 e. The molecule has 0 fully saturated rings. The van der Waals surface area contributed by atoms with Gasteiger partial charge in [0.2, 0.25) is 5.91 Å². The number of para-hydroxylation sites is 1. The molecule has 0 atom stereocenters. The predicted molar refractivity (Wildman–Crippen MR) is 117 cm³/mol. The lowest BCUT2D eigenvalue weighted by Gasteiger charge is -2.12. The molecular weight excluding hydrogens is 380 g/mol. The van der Waals surface area contributed by atoms with Gasteiger partial charge in [0, 0.05) is 12.6 Å².